The summed E-state index contributed by atoms with van der Waals surface area (Å²) in [6.07, 6.45) is 2.08. The summed E-state index contributed by atoms with van der Waals surface area (Å²) in [6.45, 7) is 1.67. The van der Waals surface area contributed by atoms with Gasteiger partial charge in [-0.2, -0.15) is 0 Å². The number of likely N-dealkylation sites (tertiary alicyclic amines) is 1. The van der Waals surface area contributed by atoms with Crippen LogP contribution < -0.4 is 15.4 Å². The van der Waals surface area contributed by atoms with Crippen LogP contribution in [0.5, 0.6) is 5.75 Å². The topological polar surface area (TPSA) is 70.7 Å². The number of nitrogens with zero attached hydrogens (tertiary/aromatic N) is 1. The Kier molecular flexibility index (Phi) is 6.25. The monoisotopic (exact) mass is 371 g/mol. The van der Waals surface area contributed by atoms with Crippen LogP contribution in [0.1, 0.15) is 18.4 Å². The van der Waals surface area contributed by atoms with Crippen molar-refractivity contribution in [3.05, 3.63) is 59.9 Å². The van der Waals surface area contributed by atoms with Gasteiger partial charge in [0.15, 0.2) is 6.61 Å². The van der Waals surface area contributed by atoms with Crippen molar-refractivity contribution in [3.63, 3.8) is 0 Å². The van der Waals surface area contributed by atoms with Crippen LogP contribution in [0.3, 0.4) is 0 Å². The molecule has 3 amide bonds. The number of halogens is 1. The van der Waals surface area contributed by atoms with Crippen LogP contribution in [0.15, 0.2) is 48.5 Å². The quantitative estimate of drug-likeness (QED) is 0.820. The van der Waals surface area contributed by atoms with Gasteiger partial charge in [0.05, 0.1) is 0 Å². The Balaban J connectivity index is 1.46. The Hall–Kier alpha value is -3.09. The average Bonchev–Trinajstić information content (AvgIpc) is 3.20. The lowest BCUT2D eigenvalue weighted by Gasteiger charge is -2.16. The number of ether oxygens (including phenoxy) is 1. The van der Waals surface area contributed by atoms with E-state index in [1.165, 1.54) is 18.2 Å². The van der Waals surface area contributed by atoms with E-state index < -0.39 is 5.82 Å². The number of anilines is 1. The summed E-state index contributed by atoms with van der Waals surface area (Å²) in [6, 6.07) is 12.9. The third-order valence-corrected chi connectivity index (χ3v) is 4.23. The SMILES string of the molecule is O=C(COc1cccc(F)c1)NCc1cccc(NC(=O)N2CCCC2)c1. The maximum Gasteiger partial charge on any atom is 0.321 e. The number of hydrogen-bond donors (Lipinski definition) is 2. The van der Waals surface area contributed by atoms with Gasteiger partial charge in [-0.3, -0.25) is 4.79 Å². The first kappa shape index (κ1) is 18.7. The molecule has 2 N–H and O–H groups in total. The zero-order chi connectivity index (χ0) is 19.1. The molecule has 0 unspecified atom stereocenters. The number of carbonyl (C=O) groups is 2. The van der Waals surface area contributed by atoms with Crippen LogP contribution in [0.4, 0.5) is 14.9 Å². The van der Waals surface area contributed by atoms with Crippen LogP contribution in [0.25, 0.3) is 0 Å². The van der Waals surface area contributed by atoms with E-state index in [-0.39, 0.29) is 18.5 Å². The molecular weight excluding hydrogens is 349 g/mol. The normalized spacial score (nSPS) is 13.3. The molecular formula is C20H22FN3O3. The average molecular weight is 371 g/mol. The maximum absolute atomic E-state index is 13.1. The minimum atomic E-state index is -0.416. The fraction of sp³-hybridized carbons (Fsp3) is 0.300. The van der Waals surface area contributed by atoms with Crippen molar-refractivity contribution in [2.45, 2.75) is 19.4 Å². The molecule has 0 saturated carbocycles. The molecule has 0 aromatic heterocycles. The standard InChI is InChI=1S/C20H22FN3O3/c21-16-6-4-8-18(12-16)27-14-19(25)22-13-15-5-3-7-17(11-15)23-20(26)24-9-1-2-10-24/h3-8,11-12H,1-2,9-10,13-14H2,(H,22,25)(H,23,26). The molecule has 1 heterocycles. The van der Waals surface area contributed by atoms with Crippen molar-refractivity contribution in [2.75, 3.05) is 25.0 Å². The highest BCUT2D eigenvalue weighted by molar-refractivity contribution is 5.89. The first-order valence-corrected chi connectivity index (χ1v) is 8.90. The summed E-state index contributed by atoms with van der Waals surface area (Å²) < 4.78 is 18.3. The Morgan fingerprint density at radius 1 is 1.07 bits per heavy atom. The number of amides is 3. The molecule has 2 aromatic carbocycles. The molecule has 27 heavy (non-hydrogen) atoms. The van der Waals surface area contributed by atoms with Gasteiger partial charge in [-0.25, -0.2) is 9.18 Å². The number of urea groups is 1. The first-order valence-electron chi connectivity index (χ1n) is 8.90. The molecule has 3 rings (SSSR count). The van der Waals surface area contributed by atoms with Crippen molar-refractivity contribution in [3.8, 4) is 5.75 Å². The molecule has 0 aliphatic carbocycles. The van der Waals surface area contributed by atoms with E-state index in [1.54, 1.807) is 11.0 Å². The van der Waals surface area contributed by atoms with Crippen molar-refractivity contribution >= 4 is 17.6 Å². The highest BCUT2D eigenvalue weighted by Crippen LogP contribution is 2.14. The lowest BCUT2D eigenvalue weighted by Crippen LogP contribution is -2.32. The molecule has 0 spiro atoms. The van der Waals surface area contributed by atoms with Crippen molar-refractivity contribution in [1.29, 1.82) is 0 Å². The molecule has 6 nitrogen and oxygen atoms in total. The van der Waals surface area contributed by atoms with Crippen LogP contribution in [0.2, 0.25) is 0 Å². The van der Waals surface area contributed by atoms with Gasteiger partial charge in [0.2, 0.25) is 0 Å². The fourth-order valence-corrected chi connectivity index (χ4v) is 2.84. The molecule has 2 aromatic rings. The van der Waals surface area contributed by atoms with E-state index in [0.717, 1.165) is 31.5 Å². The van der Waals surface area contributed by atoms with E-state index >= 15 is 0 Å². The summed E-state index contributed by atoms with van der Waals surface area (Å²) >= 11 is 0. The number of nitrogens with one attached hydrogen (secondary N) is 2. The Morgan fingerprint density at radius 2 is 1.85 bits per heavy atom. The Morgan fingerprint density at radius 3 is 2.63 bits per heavy atom. The van der Waals surface area contributed by atoms with Crippen molar-refractivity contribution in [1.82, 2.24) is 10.2 Å². The van der Waals surface area contributed by atoms with E-state index in [1.807, 2.05) is 24.3 Å². The summed E-state index contributed by atoms with van der Waals surface area (Å²) in [5, 5.41) is 5.62. The second kappa shape index (κ2) is 9.02. The smallest absolute Gasteiger partial charge is 0.321 e. The zero-order valence-electron chi connectivity index (χ0n) is 14.9. The van der Waals surface area contributed by atoms with E-state index in [4.69, 9.17) is 4.74 Å². The van der Waals surface area contributed by atoms with Gasteiger partial charge in [-0.15, -0.1) is 0 Å². The summed E-state index contributed by atoms with van der Waals surface area (Å²) in [7, 11) is 0. The van der Waals surface area contributed by atoms with E-state index in [9.17, 15) is 14.0 Å². The van der Waals surface area contributed by atoms with Gasteiger partial charge >= 0.3 is 6.03 Å². The summed E-state index contributed by atoms with van der Waals surface area (Å²) in [5.74, 6) is -0.428. The first-order chi connectivity index (χ1) is 13.1. The van der Waals surface area contributed by atoms with Crippen LogP contribution in [-0.2, 0) is 11.3 Å². The molecule has 1 aliphatic rings. The van der Waals surface area contributed by atoms with Gasteiger partial charge in [0, 0.05) is 31.4 Å². The molecule has 142 valence electrons. The number of rotatable bonds is 6. The maximum atomic E-state index is 13.1. The minimum Gasteiger partial charge on any atom is -0.484 e. The van der Waals surface area contributed by atoms with Gasteiger partial charge in [-0.1, -0.05) is 18.2 Å². The van der Waals surface area contributed by atoms with E-state index in [0.29, 0.717) is 18.0 Å². The van der Waals surface area contributed by atoms with Crippen molar-refractivity contribution < 1.29 is 18.7 Å². The number of hydrogen-bond acceptors (Lipinski definition) is 3. The highest BCUT2D eigenvalue weighted by atomic mass is 19.1. The van der Waals surface area contributed by atoms with Gasteiger partial charge < -0.3 is 20.3 Å². The molecule has 7 heteroatoms. The number of benzene rings is 2. The minimum absolute atomic E-state index is 0.0998. The third-order valence-electron chi connectivity index (χ3n) is 4.23. The summed E-state index contributed by atoms with van der Waals surface area (Å²) in [4.78, 5) is 25.8. The second-order valence-electron chi connectivity index (χ2n) is 6.35. The van der Waals surface area contributed by atoms with E-state index in [2.05, 4.69) is 10.6 Å². The largest absolute Gasteiger partial charge is 0.484 e. The summed E-state index contributed by atoms with van der Waals surface area (Å²) in [5.41, 5.74) is 1.54. The van der Waals surface area contributed by atoms with Crippen LogP contribution in [0, 0.1) is 5.82 Å². The highest BCUT2D eigenvalue weighted by Gasteiger charge is 2.17. The van der Waals surface area contributed by atoms with Crippen LogP contribution >= 0.6 is 0 Å². The van der Waals surface area contributed by atoms with Gasteiger partial charge in [0.25, 0.3) is 5.91 Å². The molecule has 0 radical (unpaired) electrons. The third kappa shape index (κ3) is 5.70. The Bertz CT molecular complexity index is 807. The predicted molar refractivity (Wildman–Crippen MR) is 100 cm³/mol. The molecule has 1 aliphatic heterocycles. The molecule has 0 bridgehead atoms. The molecule has 1 saturated heterocycles. The van der Waals surface area contributed by atoms with Gasteiger partial charge in [0.1, 0.15) is 11.6 Å². The number of carbonyl (C=O) groups excluding carboxylic acids is 2. The lowest BCUT2D eigenvalue weighted by molar-refractivity contribution is -0.123. The zero-order valence-corrected chi connectivity index (χ0v) is 14.9. The van der Waals surface area contributed by atoms with Crippen LogP contribution in [-0.4, -0.2) is 36.5 Å². The molecule has 1 fully saturated rings. The van der Waals surface area contributed by atoms with Crippen molar-refractivity contribution in [2.24, 2.45) is 0 Å². The lowest BCUT2D eigenvalue weighted by atomic mass is 10.2. The fourth-order valence-electron chi connectivity index (χ4n) is 2.84. The second-order valence-corrected chi connectivity index (χ2v) is 6.35. The molecule has 0 atom stereocenters. The van der Waals surface area contributed by atoms with Gasteiger partial charge in [-0.05, 0) is 42.7 Å². The Labute approximate surface area is 157 Å². The predicted octanol–water partition coefficient (Wildman–Crippen LogP) is 3.15.